The van der Waals surface area contributed by atoms with E-state index in [1.807, 2.05) is 12.1 Å². The third-order valence-corrected chi connectivity index (χ3v) is 0.956. The lowest BCUT2D eigenvalue weighted by Gasteiger charge is -1.88. The van der Waals surface area contributed by atoms with Crippen LogP contribution in [-0.2, 0) is 0 Å². The summed E-state index contributed by atoms with van der Waals surface area (Å²) in [5.74, 6) is -0.256. The maximum Gasteiger partial charge on any atom is 0.0822 e. The van der Waals surface area contributed by atoms with Gasteiger partial charge in [-0.2, -0.15) is 10.5 Å². The number of rotatable bonds is 3. The fourth-order valence-electron chi connectivity index (χ4n) is 0.442. The van der Waals surface area contributed by atoms with Crippen LogP contribution in [0, 0.1) is 28.6 Å². The molecule has 1 atom stereocenters. The molecular formula is C8H8N2. The third-order valence-electron chi connectivity index (χ3n) is 0.956. The van der Waals surface area contributed by atoms with E-state index < -0.39 is 0 Å². The smallest absolute Gasteiger partial charge is 0.0822 e. The average molecular weight is 132 g/mol. The Labute approximate surface area is 60.7 Å². The third kappa shape index (κ3) is 3.46. The van der Waals surface area contributed by atoms with Gasteiger partial charge in [-0.3, -0.25) is 0 Å². The second-order valence-corrected chi connectivity index (χ2v) is 1.68. The molecule has 2 nitrogen and oxygen atoms in total. The van der Waals surface area contributed by atoms with Gasteiger partial charge in [0.05, 0.1) is 24.5 Å². The van der Waals surface area contributed by atoms with Gasteiger partial charge in [-0.1, -0.05) is 18.2 Å². The van der Waals surface area contributed by atoms with Crippen molar-refractivity contribution in [2.75, 3.05) is 0 Å². The molecule has 0 bridgehead atoms. The lowest BCUT2D eigenvalue weighted by molar-refractivity contribution is 1.07. The van der Waals surface area contributed by atoms with E-state index in [2.05, 4.69) is 6.58 Å². The van der Waals surface area contributed by atoms with Crippen LogP contribution in [0.15, 0.2) is 24.8 Å². The van der Waals surface area contributed by atoms with Crippen molar-refractivity contribution in [1.29, 1.82) is 10.5 Å². The monoisotopic (exact) mass is 132 g/mol. The quantitative estimate of drug-likeness (QED) is 0.549. The molecule has 0 saturated carbocycles. The molecule has 0 N–H and O–H groups in total. The van der Waals surface area contributed by atoms with Gasteiger partial charge in [0.1, 0.15) is 0 Å². The largest absolute Gasteiger partial charge is 0.198 e. The van der Waals surface area contributed by atoms with Crippen molar-refractivity contribution >= 4 is 0 Å². The highest BCUT2D eigenvalue weighted by atomic mass is 14.2. The second-order valence-electron chi connectivity index (χ2n) is 1.68. The zero-order valence-electron chi connectivity index (χ0n) is 5.62. The van der Waals surface area contributed by atoms with Crippen LogP contribution in [0.5, 0.6) is 0 Å². The molecule has 0 spiro atoms. The van der Waals surface area contributed by atoms with Crippen molar-refractivity contribution in [3.8, 4) is 12.1 Å². The predicted octanol–water partition coefficient (Wildman–Crippen LogP) is 1.78. The minimum atomic E-state index is -0.256. The van der Waals surface area contributed by atoms with Gasteiger partial charge in [0.25, 0.3) is 0 Å². The molecule has 10 heavy (non-hydrogen) atoms. The minimum absolute atomic E-state index is 0.256. The highest BCUT2D eigenvalue weighted by Crippen LogP contribution is 1.97. The molecule has 0 amide bonds. The van der Waals surface area contributed by atoms with Crippen LogP contribution in [0.1, 0.15) is 6.42 Å². The maximum absolute atomic E-state index is 8.37. The van der Waals surface area contributed by atoms with Crippen LogP contribution in [0.25, 0.3) is 0 Å². The van der Waals surface area contributed by atoms with Crippen LogP contribution < -0.4 is 0 Å². The summed E-state index contributed by atoms with van der Waals surface area (Å²) < 4.78 is 0. The molecule has 50 valence electrons. The van der Waals surface area contributed by atoms with Gasteiger partial charge in [0.15, 0.2) is 0 Å². The van der Waals surface area contributed by atoms with Crippen molar-refractivity contribution in [3.05, 3.63) is 24.8 Å². The number of allylic oxidation sites excluding steroid dienone is 3. The molecule has 0 aromatic rings. The number of nitriles is 2. The molecule has 2 heteroatoms. The molecule has 0 aromatic carbocycles. The maximum atomic E-state index is 8.37. The Morgan fingerprint density at radius 3 is 2.60 bits per heavy atom. The van der Waals surface area contributed by atoms with Crippen molar-refractivity contribution in [3.63, 3.8) is 0 Å². The van der Waals surface area contributed by atoms with Crippen molar-refractivity contribution in [2.24, 2.45) is 5.92 Å². The zero-order chi connectivity index (χ0) is 7.82. The van der Waals surface area contributed by atoms with Gasteiger partial charge < -0.3 is 0 Å². The summed E-state index contributed by atoms with van der Waals surface area (Å²) >= 11 is 0. The van der Waals surface area contributed by atoms with E-state index in [9.17, 15) is 0 Å². The fraction of sp³-hybridized carbons (Fsp3) is 0.250. The molecule has 0 aromatic heterocycles. The van der Waals surface area contributed by atoms with Crippen molar-refractivity contribution < 1.29 is 0 Å². The SMILES string of the molecule is C=CC(C#N)C=CCC#N. The average Bonchev–Trinajstić information content (AvgIpc) is 1.99. The first kappa shape index (κ1) is 8.46. The summed E-state index contributed by atoms with van der Waals surface area (Å²) in [6.45, 7) is 3.45. The minimum Gasteiger partial charge on any atom is -0.198 e. The first-order valence-corrected chi connectivity index (χ1v) is 2.91. The summed E-state index contributed by atoms with van der Waals surface area (Å²) in [6, 6.07) is 3.94. The summed E-state index contributed by atoms with van der Waals surface area (Å²) in [5.41, 5.74) is 0. The van der Waals surface area contributed by atoms with Gasteiger partial charge in [0.2, 0.25) is 0 Å². The van der Waals surface area contributed by atoms with E-state index in [-0.39, 0.29) is 5.92 Å². The second kappa shape index (κ2) is 5.59. The summed E-state index contributed by atoms with van der Waals surface area (Å²) in [4.78, 5) is 0. The summed E-state index contributed by atoms with van der Waals surface area (Å²) in [6.07, 6.45) is 5.21. The van der Waals surface area contributed by atoms with E-state index >= 15 is 0 Å². The van der Waals surface area contributed by atoms with Crippen LogP contribution >= 0.6 is 0 Å². The van der Waals surface area contributed by atoms with Crippen molar-refractivity contribution in [2.45, 2.75) is 6.42 Å². The molecule has 0 fully saturated rings. The Kier molecular flexibility index (Phi) is 4.73. The zero-order valence-corrected chi connectivity index (χ0v) is 5.62. The van der Waals surface area contributed by atoms with E-state index in [1.165, 1.54) is 6.08 Å². The predicted molar refractivity (Wildman–Crippen MR) is 38.7 cm³/mol. The summed E-state index contributed by atoms with van der Waals surface area (Å²) in [5, 5.41) is 16.5. The van der Waals surface area contributed by atoms with E-state index in [4.69, 9.17) is 10.5 Å². The van der Waals surface area contributed by atoms with Crippen LogP contribution in [0.2, 0.25) is 0 Å². The van der Waals surface area contributed by atoms with Gasteiger partial charge in [0, 0.05) is 0 Å². The standard InChI is InChI=1S/C8H8N2/c1-2-8(7-10)5-3-4-6-9/h2-3,5,8H,1,4H2. The molecule has 0 radical (unpaired) electrons. The number of hydrogen-bond donors (Lipinski definition) is 0. The first-order chi connectivity index (χ1) is 4.85. The Morgan fingerprint density at radius 2 is 2.20 bits per heavy atom. The lowest BCUT2D eigenvalue weighted by Crippen LogP contribution is -1.82. The fourth-order valence-corrected chi connectivity index (χ4v) is 0.442. The molecule has 0 aliphatic rings. The number of hydrogen-bond acceptors (Lipinski definition) is 2. The van der Waals surface area contributed by atoms with Gasteiger partial charge >= 0.3 is 0 Å². The molecule has 0 heterocycles. The molecular weight excluding hydrogens is 124 g/mol. The van der Waals surface area contributed by atoms with Crippen molar-refractivity contribution in [1.82, 2.24) is 0 Å². The summed E-state index contributed by atoms with van der Waals surface area (Å²) in [7, 11) is 0. The first-order valence-electron chi connectivity index (χ1n) is 2.91. The lowest BCUT2D eigenvalue weighted by atomic mass is 10.1. The Bertz CT molecular complexity index is 202. The van der Waals surface area contributed by atoms with E-state index in [0.29, 0.717) is 6.42 Å². The number of nitrogens with zero attached hydrogens (tertiary/aromatic N) is 2. The highest BCUT2D eigenvalue weighted by molar-refractivity contribution is 5.09. The van der Waals surface area contributed by atoms with Gasteiger partial charge in [-0.15, -0.1) is 6.58 Å². The Morgan fingerprint density at radius 1 is 1.50 bits per heavy atom. The molecule has 0 rings (SSSR count). The van der Waals surface area contributed by atoms with Crippen LogP contribution in [0.3, 0.4) is 0 Å². The highest BCUT2D eigenvalue weighted by Gasteiger charge is 1.91. The van der Waals surface area contributed by atoms with Crippen LogP contribution in [-0.4, -0.2) is 0 Å². The Hall–Kier alpha value is -1.54. The van der Waals surface area contributed by atoms with E-state index in [1.54, 1.807) is 12.2 Å². The normalized spacial score (nSPS) is 11.8. The van der Waals surface area contributed by atoms with Gasteiger partial charge in [-0.25, -0.2) is 0 Å². The molecule has 0 aliphatic heterocycles. The molecule has 1 unspecified atom stereocenters. The van der Waals surface area contributed by atoms with Crippen LogP contribution in [0.4, 0.5) is 0 Å². The van der Waals surface area contributed by atoms with E-state index in [0.717, 1.165) is 0 Å². The molecule has 0 saturated heterocycles. The topological polar surface area (TPSA) is 47.6 Å². The molecule has 0 aliphatic carbocycles. The Balaban J connectivity index is 3.78. The van der Waals surface area contributed by atoms with Gasteiger partial charge in [-0.05, 0) is 0 Å².